The SMILES string of the molecule is OC(Cc1ccc(Br)cc1)c1cc(Cl)ccc1F. The zero-order valence-corrected chi connectivity index (χ0v) is 11.7. The van der Waals surface area contributed by atoms with E-state index in [1.807, 2.05) is 24.3 Å². The minimum absolute atomic E-state index is 0.227. The van der Waals surface area contributed by atoms with E-state index in [-0.39, 0.29) is 5.56 Å². The van der Waals surface area contributed by atoms with Crippen LogP contribution in [-0.4, -0.2) is 5.11 Å². The van der Waals surface area contributed by atoms with Crippen LogP contribution in [0.4, 0.5) is 4.39 Å². The first kappa shape index (κ1) is 13.5. The van der Waals surface area contributed by atoms with Crippen LogP contribution in [0.3, 0.4) is 0 Å². The summed E-state index contributed by atoms with van der Waals surface area (Å²) in [4.78, 5) is 0. The minimum Gasteiger partial charge on any atom is -0.388 e. The van der Waals surface area contributed by atoms with Crippen molar-refractivity contribution in [1.82, 2.24) is 0 Å². The van der Waals surface area contributed by atoms with E-state index in [9.17, 15) is 9.50 Å². The van der Waals surface area contributed by atoms with Gasteiger partial charge in [0.15, 0.2) is 0 Å². The van der Waals surface area contributed by atoms with Crippen molar-refractivity contribution in [2.45, 2.75) is 12.5 Å². The lowest BCUT2D eigenvalue weighted by molar-refractivity contribution is 0.173. The highest BCUT2D eigenvalue weighted by atomic mass is 79.9. The Morgan fingerprint density at radius 2 is 1.83 bits per heavy atom. The molecule has 2 aromatic rings. The average Bonchev–Trinajstić information content (AvgIpc) is 2.35. The Labute approximate surface area is 118 Å². The van der Waals surface area contributed by atoms with E-state index in [2.05, 4.69) is 15.9 Å². The van der Waals surface area contributed by atoms with E-state index in [4.69, 9.17) is 11.6 Å². The lowest BCUT2D eigenvalue weighted by atomic mass is 10.0. The van der Waals surface area contributed by atoms with Crippen LogP contribution in [-0.2, 0) is 6.42 Å². The number of aliphatic hydroxyl groups is 1. The summed E-state index contributed by atoms with van der Waals surface area (Å²) < 4.78 is 14.5. The Bertz CT molecular complexity index is 542. The second-order valence-corrected chi connectivity index (χ2v) is 5.36. The van der Waals surface area contributed by atoms with Gasteiger partial charge < -0.3 is 5.11 Å². The number of halogens is 3. The van der Waals surface area contributed by atoms with Gasteiger partial charge in [-0.15, -0.1) is 0 Å². The van der Waals surface area contributed by atoms with Crippen molar-refractivity contribution in [2.75, 3.05) is 0 Å². The molecular formula is C14H11BrClFO. The molecule has 0 spiro atoms. The Morgan fingerprint density at radius 1 is 1.17 bits per heavy atom. The summed E-state index contributed by atoms with van der Waals surface area (Å²) >= 11 is 9.14. The molecule has 0 saturated heterocycles. The van der Waals surface area contributed by atoms with Gasteiger partial charge in [-0.25, -0.2) is 4.39 Å². The summed E-state index contributed by atoms with van der Waals surface area (Å²) in [6.07, 6.45) is -0.547. The van der Waals surface area contributed by atoms with Crippen molar-refractivity contribution in [3.05, 3.63) is 68.9 Å². The van der Waals surface area contributed by atoms with E-state index in [1.165, 1.54) is 18.2 Å². The van der Waals surface area contributed by atoms with Crippen molar-refractivity contribution in [1.29, 1.82) is 0 Å². The molecule has 0 aliphatic carbocycles. The average molecular weight is 330 g/mol. The first-order valence-corrected chi connectivity index (χ1v) is 6.61. The van der Waals surface area contributed by atoms with Crippen LogP contribution in [0.25, 0.3) is 0 Å². The van der Waals surface area contributed by atoms with Gasteiger partial charge in [-0.3, -0.25) is 0 Å². The van der Waals surface area contributed by atoms with Crippen LogP contribution in [0, 0.1) is 5.82 Å². The Balaban J connectivity index is 2.18. The van der Waals surface area contributed by atoms with Gasteiger partial charge in [0.25, 0.3) is 0 Å². The molecule has 1 N–H and O–H groups in total. The molecule has 0 radical (unpaired) electrons. The molecule has 1 unspecified atom stereocenters. The van der Waals surface area contributed by atoms with Crippen LogP contribution >= 0.6 is 27.5 Å². The lowest BCUT2D eigenvalue weighted by Crippen LogP contribution is -2.04. The predicted molar refractivity (Wildman–Crippen MR) is 74.2 cm³/mol. The fraction of sp³-hybridized carbons (Fsp3) is 0.143. The molecule has 0 saturated carbocycles. The smallest absolute Gasteiger partial charge is 0.129 e. The Hall–Kier alpha value is -0.900. The predicted octanol–water partition coefficient (Wildman–Crippen LogP) is 4.52. The zero-order valence-electron chi connectivity index (χ0n) is 9.41. The van der Waals surface area contributed by atoms with E-state index >= 15 is 0 Å². The third kappa shape index (κ3) is 3.31. The summed E-state index contributed by atoms with van der Waals surface area (Å²) in [6, 6.07) is 11.7. The molecule has 1 nitrogen and oxygen atoms in total. The van der Waals surface area contributed by atoms with Crippen molar-refractivity contribution in [3.63, 3.8) is 0 Å². The third-order valence-corrected chi connectivity index (χ3v) is 3.42. The van der Waals surface area contributed by atoms with Crippen molar-refractivity contribution < 1.29 is 9.50 Å². The highest BCUT2D eigenvalue weighted by molar-refractivity contribution is 9.10. The van der Waals surface area contributed by atoms with Gasteiger partial charge in [-0.2, -0.15) is 0 Å². The molecule has 0 aromatic heterocycles. The minimum atomic E-state index is -0.898. The van der Waals surface area contributed by atoms with Crippen LogP contribution in [0.15, 0.2) is 46.9 Å². The Morgan fingerprint density at radius 3 is 2.50 bits per heavy atom. The Kier molecular flexibility index (Phi) is 4.38. The molecule has 2 aromatic carbocycles. The molecule has 0 bridgehead atoms. The van der Waals surface area contributed by atoms with E-state index in [0.29, 0.717) is 11.4 Å². The number of hydrogen-bond donors (Lipinski definition) is 1. The largest absolute Gasteiger partial charge is 0.388 e. The molecule has 2 rings (SSSR count). The van der Waals surface area contributed by atoms with Crippen molar-refractivity contribution in [2.24, 2.45) is 0 Å². The highest BCUT2D eigenvalue weighted by Crippen LogP contribution is 2.24. The van der Waals surface area contributed by atoms with E-state index in [0.717, 1.165) is 10.0 Å². The first-order valence-electron chi connectivity index (χ1n) is 5.44. The summed E-state index contributed by atoms with van der Waals surface area (Å²) in [5, 5.41) is 10.5. The molecule has 0 fully saturated rings. The summed E-state index contributed by atoms with van der Waals surface area (Å²) in [5.74, 6) is -0.441. The van der Waals surface area contributed by atoms with Gasteiger partial charge in [0.1, 0.15) is 5.82 Å². The number of rotatable bonds is 3. The molecule has 0 amide bonds. The standard InChI is InChI=1S/C14H11BrClFO/c15-10-3-1-9(2-4-10)7-14(18)12-8-11(16)5-6-13(12)17/h1-6,8,14,18H,7H2. The quantitative estimate of drug-likeness (QED) is 0.878. The highest BCUT2D eigenvalue weighted by Gasteiger charge is 2.14. The molecule has 4 heteroatoms. The molecule has 0 aliphatic rings. The van der Waals surface area contributed by atoms with Crippen LogP contribution in [0.5, 0.6) is 0 Å². The van der Waals surface area contributed by atoms with Gasteiger partial charge in [0, 0.05) is 21.5 Å². The molecular weight excluding hydrogens is 319 g/mol. The van der Waals surface area contributed by atoms with Crippen LogP contribution in [0.2, 0.25) is 5.02 Å². The number of aliphatic hydroxyl groups excluding tert-OH is 1. The second kappa shape index (κ2) is 5.83. The summed E-state index contributed by atoms with van der Waals surface area (Å²) in [6.45, 7) is 0. The van der Waals surface area contributed by atoms with E-state index < -0.39 is 11.9 Å². The van der Waals surface area contributed by atoms with Crippen LogP contribution in [0.1, 0.15) is 17.2 Å². The first-order chi connectivity index (χ1) is 8.56. The molecule has 0 aliphatic heterocycles. The van der Waals surface area contributed by atoms with Gasteiger partial charge >= 0.3 is 0 Å². The van der Waals surface area contributed by atoms with Crippen molar-refractivity contribution in [3.8, 4) is 0 Å². The van der Waals surface area contributed by atoms with Gasteiger partial charge in [-0.05, 0) is 35.9 Å². The maximum Gasteiger partial charge on any atom is 0.129 e. The lowest BCUT2D eigenvalue weighted by Gasteiger charge is -2.12. The fourth-order valence-electron chi connectivity index (χ4n) is 1.72. The van der Waals surface area contributed by atoms with Crippen molar-refractivity contribution >= 4 is 27.5 Å². The maximum absolute atomic E-state index is 13.6. The second-order valence-electron chi connectivity index (χ2n) is 4.01. The van der Waals surface area contributed by atoms with Crippen LogP contribution < -0.4 is 0 Å². The van der Waals surface area contributed by atoms with E-state index in [1.54, 1.807) is 0 Å². The van der Waals surface area contributed by atoms with Gasteiger partial charge in [0.05, 0.1) is 6.10 Å². The fourth-order valence-corrected chi connectivity index (χ4v) is 2.17. The normalized spacial score (nSPS) is 12.4. The maximum atomic E-state index is 13.6. The molecule has 1 atom stereocenters. The molecule has 0 heterocycles. The summed E-state index contributed by atoms with van der Waals surface area (Å²) in [5.41, 5.74) is 1.16. The monoisotopic (exact) mass is 328 g/mol. The summed E-state index contributed by atoms with van der Waals surface area (Å²) in [7, 11) is 0. The van der Waals surface area contributed by atoms with Gasteiger partial charge in [0.2, 0.25) is 0 Å². The topological polar surface area (TPSA) is 20.2 Å². The number of benzene rings is 2. The third-order valence-electron chi connectivity index (χ3n) is 2.66. The zero-order chi connectivity index (χ0) is 13.1. The molecule has 94 valence electrons. The molecule has 18 heavy (non-hydrogen) atoms. The van der Waals surface area contributed by atoms with Gasteiger partial charge in [-0.1, -0.05) is 39.7 Å². The number of hydrogen-bond acceptors (Lipinski definition) is 1.